The van der Waals surface area contributed by atoms with Gasteiger partial charge < -0.3 is 10.1 Å². The summed E-state index contributed by atoms with van der Waals surface area (Å²) >= 11 is 6.15. The van der Waals surface area contributed by atoms with Crippen molar-refractivity contribution in [3.8, 4) is 11.1 Å². The van der Waals surface area contributed by atoms with E-state index in [0.717, 1.165) is 0 Å². The highest BCUT2D eigenvalue weighted by atomic mass is 35.5. The molecule has 3 aromatic rings. The molecule has 0 spiro atoms. The molecule has 0 radical (unpaired) electrons. The minimum absolute atomic E-state index is 0.0424. The molecule has 4 nitrogen and oxygen atoms in total. The van der Waals surface area contributed by atoms with Crippen molar-refractivity contribution in [2.75, 3.05) is 0 Å². The molecule has 1 heterocycles. The zero-order valence-electron chi connectivity index (χ0n) is 10.9. The molecule has 0 saturated heterocycles. The Morgan fingerprint density at radius 2 is 2.10 bits per heavy atom. The lowest BCUT2D eigenvalue weighted by molar-refractivity contribution is 0.0699. The maximum Gasteiger partial charge on any atom is 0.337 e. The highest BCUT2D eigenvalue weighted by molar-refractivity contribution is 6.33. The number of imidazole rings is 1. The van der Waals surface area contributed by atoms with Crippen LogP contribution in [0.3, 0.4) is 0 Å². The fourth-order valence-electron chi connectivity index (χ4n) is 2.24. The molecule has 0 amide bonds. The van der Waals surface area contributed by atoms with Gasteiger partial charge in [-0.05, 0) is 42.3 Å². The second-order valence-corrected chi connectivity index (χ2v) is 5.12. The number of nitrogens with zero attached hydrogens (tertiary/aromatic N) is 1. The van der Waals surface area contributed by atoms with Gasteiger partial charge in [0.15, 0.2) is 0 Å². The second-order valence-electron chi connectivity index (χ2n) is 4.71. The molecule has 1 aromatic heterocycles. The third kappa shape index (κ3) is 2.25. The summed E-state index contributed by atoms with van der Waals surface area (Å²) in [6.07, 6.45) is 1.41. The van der Waals surface area contributed by atoms with Crippen LogP contribution in [0, 0.1) is 12.7 Å². The van der Waals surface area contributed by atoms with Crippen molar-refractivity contribution in [3.05, 3.63) is 52.6 Å². The number of carbonyl (C=O) groups is 1. The van der Waals surface area contributed by atoms with Crippen molar-refractivity contribution in [1.29, 1.82) is 0 Å². The van der Waals surface area contributed by atoms with E-state index in [-0.39, 0.29) is 5.56 Å². The van der Waals surface area contributed by atoms with E-state index in [1.165, 1.54) is 24.5 Å². The molecule has 21 heavy (non-hydrogen) atoms. The van der Waals surface area contributed by atoms with Gasteiger partial charge in [-0.2, -0.15) is 0 Å². The Hall–Kier alpha value is -2.40. The number of halogens is 2. The van der Waals surface area contributed by atoms with Crippen LogP contribution in [0.5, 0.6) is 0 Å². The molecule has 6 heteroatoms. The monoisotopic (exact) mass is 304 g/mol. The smallest absolute Gasteiger partial charge is 0.337 e. The van der Waals surface area contributed by atoms with Crippen molar-refractivity contribution < 1.29 is 14.3 Å². The van der Waals surface area contributed by atoms with E-state index >= 15 is 0 Å². The lowest BCUT2D eigenvalue weighted by Gasteiger charge is -2.08. The van der Waals surface area contributed by atoms with Crippen LogP contribution < -0.4 is 0 Å². The standard InChI is InChI=1S/C15H10ClFN2O2/c1-7-2-11(16)9(5-12(7)17)8-3-10(15(20)21)14-13(4-8)18-6-19-14/h2-6H,1H3,(H,18,19)(H,20,21). The second kappa shape index (κ2) is 4.86. The molecule has 2 N–H and O–H groups in total. The molecule has 2 aromatic carbocycles. The van der Waals surface area contributed by atoms with Crippen molar-refractivity contribution in [2.24, 2.45) is 0 Å². The van der Waals surface area contributed by atoms with Crippen LogP contribution in [-0.2, 0) is 0 Å². The minimum Gasteiger partial charge on any atom is -0.478 e. The Morgan fingerprint density at radius 1 is 1.33 bits per heavy atom. The van der Waals surface area contributed by atoms with E-state index in [9.17, 15) is 14.3 Å². The van der Waals surface area contributed by atoms with E-state index in [1.54, 1.807) is 13.0 Å². The van der Waals surface area contributed by atoms with E-state index in [0.29, 0.717) is 32.7 Å². The molecule has 0 aliphatic carbocycles. The quantitative estimate of drug-likeness (QED) is 0.751. The van der Waals surface area contributed by atoms with Crippen LogP contribution in [0.1, 0.15) is 15.9 Å². The number of carboxylic acid groups (broad SMARTS) is 1. The zero-order valence-corrected chi connectivity index (χ0v) is 11.7. The summed E-state index contributed by atoms with van der Waals surface area (Å²) in [5.74, 6) is -1.49. The molecule has 0 aliphatic heterocycles. The number of benzene rings is 2. The number of H-pyrrole nitrogens is 1. The molecule has 0 unspecified atom stereocenters. The lowest BCUT2D eigenvalue weighted by Crippen LogP contribution is -1.98. The molecule has 0 atom stereocenters. The highest BCUT2D eigenvalue weighted by Gasteiger charge is 2.16. The number of fused-ring (bicyclic) bond motifs is 1. The minimum atomic E-state index is -1.10. The maximum atomic E-state index is 13.8. The number of hydrogen-bond donors (Lipinski definition) is 2. The summed E-state index contributed by atoms with van der Waals surface area (Å²) in [7, 11) is 0. The van der Waals surface area contributed by atoms with Crippen molar-refractivity contribution >= 4 is 28.6 Å². The van der Waals surface area contributed by atoms with Gasteiger partial charge >= 0.3 is 5.97 Å². The van der Waals surface area contributed by atoms with Gasteiger partial charge in [-0.25, -0.2) is 14.2 Å². The highest BCUT2D eigenvalue weighted by Crippen LogP contribution is 2.33. The largest absolute Gasteiger partial charge is 0.478 e. The average molecular weight is 305 g/mol. The SMILES string of the molecule is Cc1cc(Cl)c(-c2cc(C(=O)O)c3nc[nH]c3c2)cc1F. The average Bonchev–Trinajstić information content (AvgIpc) is 2.89. The topological polar surface area (TPSA) is 66.0 Å². The Labute approximate surface area is 124 Å². The molecule has 0 bridgehead atoms. The van der Waals surface area contributed by atoms with Crippen molar-refractivity contribution in [2.45, 2.75) is 6.92 Å². The van der Waals surface area contributed by atoms with Crippen LogP contribution in [-0.4, -0.2) is 21.0 Å². The first-order valence-corrected chi connectivity index (χ1v) is 6.51. The summed E-state index contributed by atoms with van der Waals surface area (Å²) in [6, 6.07) is 5.97. The van der Waals surface area contributed by atoms with Gasteiger partial charge in [0.1, 0.15) is 11.3 Å². The van der Waals surface area contributed by atoms with Crippen LogP contribution in [0.4, 0.5) is 4.39 Å². The number of aromatic nitrogens is 2. The maximum absolute atomic E-state index is 13.8. The van der Waals surface area contributed by atoms with Crippen LogP contribution in [0.15, 0.2) is 30.6 Å². The van der Waals surface area contributed by atoms with E-state index in [1.807, 2.05) is 0 Å². The fraction of sp³-hybridized carbons (Fsp3) is 0.0667. The Balaban J connectivity index is 2.30. The van der Waals surface area contributed by atoms with E-state index in [4.69, 9.17) is 11.6 Å². The zero-order chi connectivity index (χ0) is 15.1. The Kier molecular flexibility index (Phi) is 3.14. The number of aromatic amines is 1. The van der Waals surface area contributed by atoms with Crippen LogP contribution in [0.2, 0.25) is 5.02 Å². The number of hydrogen-bond acceptors (Lipinski definition) is 2. The predicted molar refractivity (Wildman–Crippen MR) is 78.2 cm³/mol. The number of aryl methyl sites for hydroxylation is 1. The Morgan fingerprint density at radius 3 is 2.81 bits per heavy atom. The number of aromatic carboxylic acids is 1. The molecular formula is C15H10ClFN2O2. The van der Waals surface area contributed by atoms with Crippen LogP contribution in [0.25, 0.3) is 22.2 Å². The van der Waals surface area contributed by atoms with Gasteiger partial charge in [-0.3, -0.25) is 0 Å². The molecule has 0 aliphatic rings. The van der Waals surface area contributed by atoms with Crippen LogP contribution >= 0.6 is 11.6 Å². The summed E-state index contributed by atoms with van der Waals surface area (Å²) < 4.78 is 13.8. The van der Waals surface area contributed by atoms with Gasteiger partial charge in [0.2, 0.25) is 0 Å². The van der Waals surface area contributed by atoms with Gasteiger partial charge in [-0.1, -0.05) is 11.6 Å². The summed E-state index contributed by atoms with van der Waals surface area (Å²) in [6.45, 7) is 1.62. The molecule has 0 fully saturated rings. The summed E-state index contributed by atoms with van der Waals surface area (Å²) in [5.41, 5.74) is 2.36. The van der Waals surface area contributed by atoms with E-state index in [2.05, 4.69) is 9.97 Å². The number of nitrogens with one attached hydrogen (secondary N) is 1. The first-order valence-electron chi connectivity index (χ1n) is 6.14. The van der Waals surface area contributed by atoms with Gasteiger partial charge in [0, 0.05) is 10.6 Å². The predicted octanol–water partition coefficient (Wildman–Crippen LogP) is 4.03. The Bertz CT molecular complexity index is 873. The fourth-order valence-corrected chi connectivity index (χ4v) is 2.56. The molecule has 106 valence electrons. The first kappa shape index (κ1) is 13.6. The van der Waals surface area contributed by atoms with Crippen molar-refractivity contribution in [1.82, 2.24) is 9.97 Å². The lowest BCUT2D eigenvalue weighted by atomic mass is 10.00. The van der Waals surface area contributed by atoms with E-state index < -0.39 is 11.8 Å². The molecule has 0 saturated carbocycles. The molecule has 3 rings (SSSR count). The number of carboxylic acids is 1. The third-order valence-electron chi connectivity index (χ3n) is 3.31. The van der Waals surface area contributed by atoms with Gasteiger partial charge in [0.25, 0.3) is 0 Å². The van der Waals surface area contributed by atoms with Crippen molar-refractivity contribution in [3.63, 3.8) is 0 Å². The molecular weight excluding hydrogens is 295 g/mol. The number of rotatable bonds is 2. The van der Waals surface area contributed by atoms with Gasteiger partial charge in [0.05, 0.1) is 17.4 Å². The normalized spacial score (nSPS) is 11.0. The first-order chi connectivity index (χ1) is 9.97. The summed E-state index contributed by atoms with van der Waals surface area (Å²) in [5, 5.41) is 9.64. The third-order valence-corrected chi connectivity index (χ3v) is 3.63. The summed E-state index contributed by atoms with van der Waals surface area (Å²) in [4.78, 5) is 18.2. The van der Waals surface area contributed by atoms with Gasteiger partial charge in [-0.15, -0.1) is 0 Å².